The lowest BCUT2D eigenvalue weighted by molar-refractivity contribution is -0.128. The minimum Gasteiger partial charge on any atom is -0.299 e. The lowest BCUT2D eigenvalue weighted by atomic mass is 9.71. The molecule has 1 aliphatic rings. The molecule has 0 saturated carbocycles. The van der Waals surface area contributed by atoms with Gasteiger partial charge in [-0.2, -0.15) is 5.10 Å². The Kier molecular flexibility index (Phi) is 6.58. The zero-order chi connectivity index (χ0) is 20.1. The second-order valence-corrected chi connectivity index (χ2v) is 8.96. The standard InChI is InChI=1S/C24H33N3O/c1-17(2)10-9-13-22(28)24(4)14-7-5-11-19-20(16-24)18(3)26-27-23(19)21-12-6-8-15-25-21/h6,8,12,15,17H,5,7,9-11,13-14,16H2,1-4H3. The van der Waals surface area contributed by atoms with Crippen molar-refractivity contribution in [1.29, 1.82) is 0 Å². The van der Waals surface area contributed by atoms with E-state index in [-0.39, 0.29) is 5.41 Å². The van der Waals surface area contributed by atoms with Crippen molar-refractivity contribution in [3.63, 3.8) is 0 Å². The predicted molar refractivity (Wildman–Crippen MR) is 113 cm³/mol. The Morgan fingerprint density at radius 2 is 2.00 bits per heavy atom. The third-order valence-corrected chi connectivity index (χ3v) is 6.13. The number of Topliss-reactive ketones (excluding diaryl/α,β-unsaturated/α-hetero) is 1. The summed E-state index contributed by atoms with van der Waals surface area (Å²) >= 11 is 0. The largest absolute Gasteiger partial charge is 0.299 e. The molecular formula is C24H33N3O. The van der Waals surface area contributed by atoms with Crippen LogP contribution in [0.2, 0.25) is 0 Å². The molecule has 150 valence electrons. The highest BCUT2D eigenvalue weighted by molar-refractivity contribution is 5.85. The topological polar surface area (TPSA) is 55.7 Å². The van der Waals surface area contributed by atoms with Crippen LogP contribution >= 0.6 is 0 Å². The molecule has 0 aliphatic heterocycles. The van der Waals surface area contributed by atoms with Crippen molar-refractivity contribution in [2.75, 3.05) is 0 Å². The van der Waals surface area contributed by atoms with E-state index >= 15 is 0 Å². The molecule has 1 unspecified atom stereocenters. The number of aromatic nitrogens is 3. The van der Waals surface area contributed by atoms with Crippen molar-refractivity contribution >= 4 is 5.78 Å². The van der Waals surface area contributed by atoms with E-state index in [4.69, 9.17) is 0 Å². The number of nitrogens with zero attached hydrogens (tertiary/aromatic N) is 3. The molecule has 0 N–H and O–H groups in total. The van der Waals surface area contributed by atoms with Gasteiger partial charge in [0.2, 0.25) is 0 Å². The minimum absolute atomic E-state index is 0.304. The van der Waals surface area contributed by atoms with Crippen molar-refractivity contribution in [2.24, 2.45) is 11.3 Å². The van der Waals surface area contributed by atoms with Crippen LogP contribution in [-0.2, 0) is 17.6 Å². The average molecular weight is 380 g/mol. The Morgan fingerprint density at radius 1 is 1.18 bits per heavy atom. The second-order valence-electron chi connectivity index (χ2n) is 8.96. The number of carbonyl (C=O) groups excluding carboxylic acids is 1. The van der Waals surface area contributed by atoms with E-state index in [2.05, 4.69) is 36.0 Å². The van der Waals surface area contributed by atoms with Gasteiger partial charge in [0, 0.05) is 18.0 Å². The number of ketones is 1. The van der Waals surface area contributed by atoms with Crippen LogP contribution in [0.3, 0.4) is 0 Å². The molecule has 4 heteroatoms. The van der Waals surface area contributed by atoms with E-state index in [1.807, 2.05) is 25.1 Å². The van der Waals surface area contributed by atoms with E-state index < -0.39 is 0 Å². The Bertz CT molecular complexity index is 816. The number of fused-ring (bicyclic) bond motifs is 1. The zero-order valence-corrected chi connectivity index (χ0v) is 17.8. The van der Waals surface area contributed by atoms with Crippen LogP contribution < -0.4 is 0 Å². The molecule has 0 saturated heterocycles. The van der Waals surface area contributed by atoms with Crippen molar-refractivity contribution in [3.8, 4) is 11.4 Å². The third-order valence-electron chi connectivity index (χ3n) is 6.13. The molecule has 0 amide bonds. The van der Waals surface area contributed by atoms with Gasteiger partial charge < -0.3 is 0 Å². The van der Waals surface area contributed by atoms with Gasteiger partial charge in [-0.3, -0.25) is 9.78 Å². The lowest BCUT2D eigenvalue weighted by Gasteiger charge is -2.32. The molecule has 1 aliphatic carbocycles. The Hall–Kier alpha value is -2.10. The molecule has 0 aromatic carbocycles. The number of aryl methyl sites for hydroxylation is 1. The van der Waals surface area contributed by atoms with Gasteiger partial charge in [-0.25, -0.2) is 0 Å². The Morgan fingerprint density at radius 3 is 2.71 bits per heavy atom. The van der Waals surface area contributed by atoms with Crippen molar-refractivity contribution in [3.05, 3.63) is 41.2 Å². The predicted octanol–water partition coefficient (Wildman–Crippen LogP) is 5.52. The van der Waals surface area contributed by atoms with Crippen LogP contribution in [0.4, 0.5) is 0 Å². The first kappa shape index (κ1) is 20.6. The van der Waals surface area contributed by atoms with Gasteiger partial charge in [0.1, 0.15) is 11.5 Å². The van der Waals surface area contributed by atoms with Crippen LogP contribution in [0, 0.1) is 18.3 Å². The molecule has 3 rings (SSSR count). The minimum atomic E-state index is -0.304. The molecule has 4 nitrogen and oxygen atoms in total. The maximum Gasteiger partial charge on any atom is 0.139 e. The van der Waals surface area contributed by atoms with Gasteiger partial charge in [0.15, 0.2) is 0 Å². The number of rotatable bonds is 6. The highest BCUT2D eigenvalue weighted by Crippen LogP contribution is 2.38. The molecule has 2 aromatic heterocycles. The van der Waals surface area contributed by atoms with Crippen LogP contribution in [0.15, 0.2) is 24.4 Å². The number of hydrogen-bond acceptors (Lipinski definition) is 4. The summed E-state index contributed by atoms with van der Waals surface area (Å²) in [6, 6.07) is 5.90. The maximum absolute atomic E-state index is 13.2. The molecule has 0 spiro atoms. The smallest absolute Gasteiger partial charge is 0.139 e. The summed E-state index contributed by atoms with van der Waals surface area (Å²) in [7, 11) is 0. The highest BCUT2D eigenvalue weighted by atomic mass is 16.1. The fourth-order valence-corrected chi connectivity index (χ4v) is 4.33. The Balaban J connectivity index is 1.93. The van der Waals surface area contributed by atoms with Gasteiger partial charge in [-0.1, -0.05) is 39.7 Å². The average Bonchev–Trinajstić information content (AvgIpc) is 2.66. The Labute approximate surface area is 169 Å². The van der Waals surface area contributed by atoms with Gasteiger partial charge in [0.05, 0.1) is 11.4 Å². The molecule has 28 heavy (non-hydrogen) atoms. The highest BCUT2D eigenvalue weighted by Gasteiger charge is 2.35. The zero-order valence-electron chi connectivity index (χ0n) is 17.8. The molecular weight excluding hydrogens is 346 g/mol. The van der Waals surface area contributed by atoms with E-state index in [9.17, 15) is 4.79 Å². The summed E-state index contributed by atoms with van der Waals surface area (Å²) in [5.41, 5.74) is 4.87. The molecule has 0 bridgehead atoms. The van der Waals surface area contributed by atoms with Crippen LogP contribution in [-0.4, -0.2) is 21.0 Å². The van der Waals surface area contributed by atoms with E-state index in [0.717, 1.165) is 62.0 Å². The summed E-state index contributed by atoms with van der Waals surface area (Å²) in [6.45, 7) is 8.64. The summed E-state index contributed by atoms with van der Waals surface area (Å²) < 4.78 is 0. The normalized spacial score (nSPS) is 19.8. The quantitative estimate of drug-likeness (QED) is 0.663. The number of hydrogen-bond donors (Lipinski definition) is 0. The first-order valence-electron chi connectivity index (χ1n) is 10.7. The van der Waals surface area contributed by atoms with Crippen LogP contribution in [0.1, 0.15) is 76.1 Å². The summed E-state index contributed by atoms with van der Waals surface area (Å²) in [5, 5.41) is 8.95. The lowest BCUT2D eigenvalue weighted by Crippen LogP contribution is -2.32. The van der Waals surface area contributed by atoms with Gasteiger partial charge in [-0.15, -0.1) is 5.10 Å². The first-order valence-corrected chi connectivity index (χ1v) is 10.7. The molecule has 0 fully saturated rings. The van der Waals surface area contributed by atoms with Gasteiger partial charge in [-0.05, 0) is 68.2 Å². The summed E-state index contributed by atoms with van der Waals surface area (Å²) in [5.74, 6) is 1.06. The fraction of sp³-hybridized carbons (Fsp3) is 0.583. The molecule has 1 atom stereocenters. The monoisotopic (exact) mass is 379 g/mol. The van der Waals surface area contributed by atoms with Crippen molar-refractivity contribution in [2.45, 2.75) is 79.1 Å². The second kappa shape index (κ2) is 8.93. The third kappa shape index (κ3) is 4.65. The first-order chi connectivity index (χ1) is 13.4. The van der Waals surface area contributed by atoms with Gasteiger partial charge >= 0.3 is 0 Å². The number of carbonyl (C=O) groups is 1. The van der Waals surface area contributed by atoms with Crippen LogP contribution in [0.25, 0.3) is 11.4 Å². The van der Waals surface area contributed by atoms with E-state index in [1.165, 1.54) is 11.1 Å². The molecule has 2 heterocycles. The molecule has 0 radical (unpaired) electrons. The fourth-order valence-electron chi connectivity index (χ4n) is 4.33. The van der Waals surface area contributed by atoms with Crippen molar-refractivity contribution in [1.82, 2.24) is 15.2 Å². The van der Waals surface area contributed by atoms with Crippen molar-refractivity contribution < 1.29 is 4.79 Å². The van der Waals surface area contributed by atoms with Crippen LogP contribution in [0.5, 0.6) is 0 Å². The molecule has 2 aromatic rings. The summed E-state index contributed by atoms with van der Waals surface area (Å²) in [6.07, 6.45) is 9.47. The summed E-state index contributed by atoms with van der Waals surface area (Å²) in [4.78, 5) is 17.7. The SMILES string of the molecule is Cc1nnc(-c2ccccn2)c2c1CC(C)(C(=O)CCCC(C)C)CCCC2. The van der Waals surface area contributed by atoms with Gasteiger partial charge in [0.25, 0.3) is 0 Å². The van der Waals surface area contributed by atoms with E-state index in [1.54, 1.807) is 6.20 Å². The van der Waals surface area contributed by atoms with E-state index in [0.29, 0.717) is 18.1 Å². The maximum atomic E-state index is 13.2. The number of pyridine rings is 1.